The van der Waals surface area contributed by atoms with Crippen LogP contribution >= 0.6 is 0 Å². The lowest BCUT2D eigenvalue weighted by atomic mass is 10.1. The third kappa shape index (κ3) is 3.93. The SMILES string of the molecule is O=C(NCCc1coc(-c2ccc(F)cc2)n1)C(F)(F)c1ccccc1. The highest BCUT2D eigenvalue weighted by Gasteiger charge is 2.40. The summed E-state index contributed by atoms with van der Waals surface area (Å²) in [6.07, 6.45) is 1.60. The first-order valence-electron chi connectivity index (χ1n) is 7.89. The third-order valence-electron chi connectivity index (χ3n) is 3.73. The van der Waals surface area contributed by atoms with Gasteiger partial charge in [0, 0.05) is 24.1 Å². The van der Waals surface area contributed by atoms with Crippen molar-refractivity contribution >= 4 is 5.91 Å². The molecule has 1 heterocycles. The second kappa shape index (κ2) is 7.43. The lowest BCUT2D eigenvalue weighted by Crippen LogP contribution is -2.39. The number of nitrogens with one attached hydrogen (secondary N) is 1. The first kappa shape index (κ1) is 17.7. The minimum Gasteiger partial charge on any atom is -0.444 e. The topological polar surface area (TPSA) is 55.1 Å². The van der Waals surface area contributed by atoms with Gasteiger partial charge in [-0.2, -0.15) is 8.78 Å². The fourth-order valence-electron chi connectivity index (χ4n) is 2.34. The van der Waals surface area contributed by atoms with Gasteiger partial charge in [-0.25, -0.2) is 9.37 Å². The molecule has 0 atom stereocenters. The molecule has 0 fully saturated rings. The van der Waals surface area contributed by atoms with Crippen LogP contribution in [0, 0.1) is 5.82 Å². The lowest BCUT2D eigenvalue weighted by Gasteiger charge is -2.15. The molecular formula is C19H15F3N2O2. The number of hydrogen-bond donors (Lipinski definition) is 1. The maximum atomic E-state index is 14.1. The summed E-state index contributed by atoms with van der Waals surface area (Å²) in [7, 11) is 0. The monoisotopic (exact) mass is 360 g/mol. The number of aromatic nitrogens is 1. The molecule has 3 rings (SSSR count). The summed E-state index contributed by atoms with van der Waals surface area (Å²) in [5.41, 5.74) is 0.725. The van der Waals surface area contributed by atoms with Gasteiger partial charge in [0.15, 0.2) is 0 Å². The average molecular weight is 360 g/mol. The molecule has 134 valence electrons. The van der Waals surface area contributed by atoms with Gasteiger partial charge < -0.3 is 9.73 Å². The minimum absolute atomic E-state index is 0.0172. The zero-order valence-corrected chi connectivity index (χ0v) is 13.6. The second-order valence-electron chi connectivity index (χ2n) is 5.60. The smallest absolute Gasteiger partial charge is 0.349 e. The van der Waals surface area contributed by atoms with Crippen molar-refractivity contribution in [2.75, 3.05) is 6.54 Å². The minimum atomic E-state index is -3.61. The number of carbonyl (C=O) groups excluding carboxylic acids is 1. The van der Waals surface area contributed by atoms with Crippen molar-refractivity contribution in [3.63, 3.8) is 0 Å². The van der Waals surface area contributed by atoms with Crippen LogP contribution in [0.2, 0.25) is 0 Å². The molecule has 0 saturated heterocycles. The van der Waals surface area contributed by atoms with Crippen molar-refractivity contribution in [3.8, 4) is 11.5 Å². The van der Waals surface area contributed by atoms with Crippen LogP contribution in [-0.2, 0) is 17.1 Å². The van der Waals surface area contributed by atoms with Crippen molar-refractivity contribution < 1.29 is 22.4 Å². The lowest BCUT2D eigenvalue weighted by molar-refractivity contribution is -0.146. The Morgan fingerprint density at radius 3 is 2.46 bits per heavy atom. The van der Waals surface area contributed by atoms with Gasteiger partial charge in [-0.1, -0.05) is 30.3 Å². The zero-order valence-electron chi connectivity index (χ0n) is 13.6. The Kier molecular flexibility index (Phi) is 5.06. The van der Waals surface area contributed by atoms with Gasteiger partial charge >= 0.3 is 5.92 Å². The Labute approximate surface area is 147 Å². The first-order chi connectivity index (χ1) is 12.5. The molecule has 2 aromatic carbocycles. The molecule has 0 aliphatic rings. The molecule has 1 aromatic heterocycles. The van der Waals surface area contributed by atoms with Crippen LogP contribution in [0.25, 0.3) is 11.5 Å². The molecule has 4 nitrogen and oxygen atoms in total. The first-order valence-corrected chi connectivity index (χ1v) is 7.89. The number of carbonyl (C=O) groups is 1. The molecule has 0 radical (unpaired) electrons. The van der Waals surface area contributed by atoms with Crippen molar-refractivity contribution in [2.45, 2.75) is 12.3 Å². The van der Waals surface area contributed by atoms with Crippen molar-refractivity contribution in [1.29, 1.82) is 0 Å². The Morgan fingerprint density at radius 2 is 1.77 bits per heavy atom. The van der Waals surface area contributed by atoms with Crippen LogP contribution in [0.15, 0.2) is 65.3 Å². The molecule has 0 bridgehead atoms. The standard InChI is InChI=1S/C19H15F3N2O2/c20-15-8-6-13(7-9-15)17-24-16(12-26-17)10-11-23-18(25)19(21,22)14-4-2-1-3-5-14/h1-9,12H,10-11H2,(H,23,25). The van der Waals surface area contributed by atoms with Crippen molar-refractivity contribution in [1.82, 2.24) is 10.3 Å². The van der Waals surface area contributed by atoms with E-state index in [2.05, 4.69) is 10.3 Å². The molecule has 0 saturated carbocycles. The van der Waals surface area contributed by atoms with E-state index in [1.807, 2.05) is 0 Å². The highest BCUT2D eigenvalue weighted by molar-refractivity contribution is 5.84. The van der Waals surface area contributed by atoms with Crippen LogP contribution in [0.1, 0.15) is 11.3 Å². The van der Waals surface area contributed by atoms with Crippen LogP contribution in [0.3, 0.4) is 0 Å². The maximum absolute atomic E-state index is 14.1. The largest absolute Gasteiger partial charge is 0.444 e. The van der Waals surface area contributed by atoms with E-state index in [0.717, 1.165) is 0 Å². The highest BCUT2D eigenvalue weighted by Crippen LogP contribution is 2.27. The Morgan fingerprint density at radius 1 is 1.08 bits per heavy atom. The molecule has 26 heavy (non-hydrogen) atoms. The predicted molar refractivity (Wildman–Crippen MR) is 88.9 cm³/mol. The van der Waals surface area contributed by atoms with Gasteiger partial charge in [-0.3, -0.25) is 4.79 Å². The van der Waals surface area contributed by atoms with Crippen LogP contribution < -0.4 is 5.32 Å². The number of halogens is 3. The van der Waals surface area contributed by atoms with E-state index in [-0.39, 0.29) is 24.3 Å². The van der Waals surface area contributed by atoms with Crippen molar-refractivity contribution in [2.24, 2.45) is 0 Å². The number of benzene rings is 2. The summed E-state index contributed by atoms with van der Waals surface area (Å²) in [4.78, 5) is 16.0. The van der Waals surface area contributed by atoms with E-state index in [1.54, 1.807) is 6.07 Å². The number of nitrogens with zero attached hydrogens (tertiary/aromatic N) is 1. The number of hydrogen-bond acceptors (Lipinski definition) is 3. The number of rotatable bonds is 6. The summed E-state index contributed by atoms with van der Waals surface area (Å²) in [6.45, 7) is -0.0172. The second-order valence-corrected chi connectivity index (χ2v) is 5.60. The van der Waals surface area contributed by atoms with Crippen LogP contribution in [-0.4, -0.2) is 17.4 Å². The summed E-state index contributed by atoms with van der Waals surface area (Å²) in [5.74, 6) is -5.06. The molecule has 3 aromatic rings. The fourth-order valence-corrected chi connectivity index (χ4v) is 2.34. The van der Waals surface area contributed by atoms with Gasteiger partial charge in [0.1, 0.15) is 12.1 Å². The van der Waals surface area contributed by atoms with Crippen molar-refractivity contribution in [3.05, 3.63) is 77.9 Å². The molecule has 0 unspecified atom stereocenters. The van der Waals surface area contributed by atoms with E-state index in [4.69, 9.17) is 4.42 Å². The molecule has 0 spiro atoms. The average Bonchev–Trinajstić information content (AvgIpc) is 3.12. The Hall–Kier alpha value is -3.09. The molecule has 7 heteroatoms. The van der Waals surface area contributed by atoms with E-state index in [0.29, 0.717) is 17.1 Å². The van der Waals surface area contributed by atoms with E-state index < -0.39 is 11.8 Å². The third-order valence-corrected chi connectivity index (χ3v) is 3.73. The van der Waals surface area contributed by atoms with Gasteiger partial charge in [0.05, 0.1) is 5.69 Å². The summed E-state index contributed by atoms with van der Waals surface area (Å²) < 4.78 is 46.3. The summed E-state index contributed by atoms with van der Waals surface area (Å²) in [6, 6.07) is 12.5. The van der Waals surface area contributed by atoms with Gasteiger partial charge in [-0.15, -0.1) is 0 Å². The molecule has 0 aliphatic carbocycles. The fraction of sp³-hybridized carbons (Fsp3) is 0.158. The number of alkyl halides is 2. The van der Waals surface area contributed by atoms with Gasteiger partial charge in [0.25, 0.3) is 5.91 Å². The normalized spacial score (nSPS) is 11.3. The quantitative estimate of drug-likeness (QED) is 0.725. The Bertz CT molecular complexity index is 877. The van der Waals surface area contributed by atoms with E-state index in [1.165, 1.54) is 54.8 Å². The Balaban J connectivity index is 1.57. The maximum Gasteiger partial charge on any atom is 0.349 e. The molecular weight excluding hydrogens is 345 g/mol. The van der Waals surface area contributed by atoms with E-state index >= 15 is 0 Å². The summed E-state index contributed by atoms with van der Waals surface area (Å²) >= 11 is 0. The van der Waals surface area contributed by atoms with Crippen LogP contribution in [0.5, 0.6) is 0 Å². The molecule has 1 N–H and O–H groups in total. The number of amides is 1. The van der Waals surface area contributed by atoms with Gasteiger partial charge in [-0.05, 0) is 24.3 Å². The molecule has 1 amide bonds. The molecule has 0 aliphatic heterocycles. The zero-order chi connectivity index (χ0) is 18.6. The summed E-state index contributed by atoms with van der Waals surface area (Å²) in [5, 5.41) is 2.21. The van der Waals surface area contributed by atoms with Crippen LogP contribution in [0.4, 0.5) is 13.2 Å². The van der Waals surface area contributed by atoms with Gasteiger partial charge in [0.2, 0.25) is 5.89 Å². The van der Waals surface area contributed by atoms with E-state index in [9.17, 15) is 18.0 Å². The number of oxazole rings is 1. The highest BCUT2D eigenvalue weighted by atomic mass is 19.3. The predicted octanol–water partition coefficient (Wildman–Crippen LogP) is 3.93.